The summed E-state index contributed by atoms with van der Waals surface area (Å²) in [6, 6.07) is 4.91. The van der Waals surface area contributed by atoms with Crippen LogP contribution in [-0.2, 0) is 20.7 Å². The van der Waals surface area contributed by atoms with Gasteiger partial charge in [0.25, 0.3) is 0 Å². The minimum absolute atomic E-state index is 0.0583. The number of nitrogens with one attached hydrogen (secondary N) is 1. The van der Waals surface area contributed by atoms with E-state index in [1.807, 2.05) is 11.0 Å². The first-order chi connectivity index (χ1) is 11.2. The Morgan fingerprint density at radius 3 is 2.74 bits per heavy atom. The standard InChI is InChI=1S/C17H19FN2O3/c18-14-3-1-2-13-12(11-19-16(13)14)10-15(21)20-6-4-17(5-7-20)22-8-9-23-17/h1-3,11,19H,4-10H2. The van der Waals surface area contributed by atoms with Gasteiger partial charge in [-0.05, 0) is 11.6 Å². The molecular formula is C17H19FN2O3. The molecule has 0 radical (unpaired) electrons. The Bertz CT molecular complexity index is 727. The fourth-order valence-corrected chi connectivity index (χ4v) is 3.48. The van der Waals surface area contributed by atoms with Crippen molar-refractivity contribution in [3.8, 4) is 0 Å². The molecule has 5 nitrogen and oxygen atoms in total. The van der Waals surface area contributed by atoms with Gasteiger partial charge in [-0.1, -0.05) is 12.1 Å². The summed E-state index contributed by atoms with van der Waals surface area (Å²) < 4.78 is 25.1. The molecule has 2 aromatic rings. The van der Waals surface area contributed by atoms with Crippen molar-refractivity contribution >= 4 is 16.8 Å². The van der Waals surface area contributed by atoms with Crippen LogP contribution in [0.3, 0.4) is 0 Å². The van der Waals surface area contributed by atoms with Crippen molar-refractivity contribution in [2.45, 2.75) is 25.0 Å². The third-order valence-electron chi connectivity index (χ3n) is 4.78. The fourth-order valence-electron chi connectivity index (χ4n) is 3.48. The van der Waals surface area contributed by atoms with Gasteiger partial charge in [-0.3, -0.25) is 4.79 Å². The SMILES string of the molecule is O=C(Cc1c[nH]c2c(F)cccc12)N1CCC2(CC1)OCCO2. The van der Waals surface area contributed by atoms with Gasteiger partial charge in [-0.15, -0.1) is 0 Å². The van der Waals surface area contributed by atoms with E-state index in [-0.39, 0.29) is 18.1 Å². The molecule has 122 valence electrons. The molecule has 23 heavy (non-hydrogen) atoms. The van der Waals surface area contributed by atoms with Gasteiger partial charge in [0.2, 0.25) is 5.91 Å². The molecule has 0 aliphatic carbocycles. The second-order valence-corrected chi connectivity index (χ2v) is 6.14. The normalized spacial score (nSPS) is 20.5. The average Bonchev–Trinajstić information content (AvgIpc) is 3.17. The number of benzene rings is 1. The summed E-state index contributed by atoms with van der Waals surface area (Å²) >= 11 is 0. The van der Waals surface area contributed by atoms with E-state index < -0.39 is 5.79 Å². The summed E-state index contributed by atoms with van der Waals surface area (Å²) in [6.45, 7) is 2.54. The van der Waals surface area contributed by atoms with Gasteiger partial charge >= 0.3 is 0 Å². The van der Waals surface area contributed by atoms with Crippen LogP contribution < -0.4 is 0 Å². The fraction of sp³-hybridized carbons (Fsp3) is 0.471. The Balaban J connectivity index is 1.44. The summed E-state index contributed by atoms with van der Waals surface area (Å²) in [5, 5.41) is 0.772. The van der Waals surface area contributed by atoms with E-state index in [1.165, 1.54) is 6.07 Å². The van der Waals surface area contributed by atoms with Crippen LogP contribution in [-0.4, -0.2) is 47.9 Å². The number of aromatic nitrogens is 1. The third kappa shape index (κ3) is 2.62. The number of aromatic amines is 1. The van der Waals surface area contributed by atoms with Crippen LogP contribution in [0.15, 0.2) is 24.4 Å². The summed E-state index contributed by atoms with van der Waals surface area (Å²) in [7, 11) is 0. The number of amides is 1. The number of hydrogen-bond acceptors (Lipinski definition) is 3. The third-order valence-corrected chi connectivity index (χ3v) is 4.78. The molecule has 1 N–H and O–H groups in total. The molecule has 2 saturated heterocycles. The van der Waals surface area contributed by atoms with Crippen molar-refractivity contribution in [3.63, 3.8) is 0 Å². The maximum Gasteiger partial charge on any atom is 0.227 e. The van der Waals surface area contributed by atoms with Gasteiger partial charge in [0.15, 0.2) is 5.79 Å². The minimum Gasteiger partial charge on any atom is -0.359 e. The van der Waals surface area contributed by atoms with Crippen LogP contribution >= 0.6 is 0 Å². The molecule has 4 rings (SSSR count). The van der Waals surface area contributed by atoms with Crippen molar-refractivity contribution in [2.24, 2.45) is 0 Å². The second kappa shape index (κ2) is 5.62. The van der Waals surface area contributed by atoms with Gasteiger partial charge in [0.05, 0.1) is 25.2 Å². The number of fused-ring (bicyclic) bond motifs is 1. The first-order valence-electron chi connectivity index (χ1n) is 7.97. The van der Waals surface area contributed by atoms with Crippen LogP contribution in [0.1, 0.15) is 18.4 Å². The van der Waals surface area contributed by atoms with Gasteiger partial charge in [-0.2, -0.15) is 0 Å². The number of H-pyrrole nitrogens is 1. The molecule has 0 unspecified atom stereocenters. The number of carbonyl (C=O) groups excluding carboxylic acids is 1. The minimum atomic E-state index is -0.472. The Kier molecular flexibility index (Phi) is 3.58. The van der Waals surface area contributed by atoms with Crippen molar-refractivity contribution in [3.05, 3.63) is 35.8 Å². The maximum absolute atomic E-state index is 13.7. The highest BCUT2D eigenvalue weighted by atomic mass is 19.1. The molecule has 0 bridgehead atoms. The number of ether oxygens (including phenoxy) is 2. The first-order valence-corrected chi connectivity index (χ1v) is 7.97. The molecule has 3 heterocycles. The first kappa shape index (κ1) is 14.7. The van der Waals surface area contributed by atoms with Crippen LogP contribution in [0.5, 0.6) is 0 Å². The molecule has 2 fully saturated rings. The topological polar surface area (TPSA) is 54.6 Å². The Morgan fingerprint density at radius 1 is 1.26 bits per heavy atom. The van der Waals surface area contributed by atoms with Crippen LogP contribution in [0, 0.1) is 5.82 Å². The number of hydrogen-bond donors (Lipinski definition) is 1. The molecule has 1 aromatic heterocycles. The van der Waals surface area contributed by atoms with Crippen LogP contribution in [0.2, 0.25) is 0 Å². The zero-order chi connectivity index (χ0) is 15.9. The van der Waals surface area contributed by atoms with Gasteiger partial charge in [0, 0.05) is 37.5 Å². The van der Waals surface area contributed by atoms with Crippen LogP contribution in [0.25, 0.3) is 10.9 Å². The molecular weight excluding hydrogens is 299 g/mol. The van der Waals surface area contributed by atoms with E-state index in [1.54, 1.807) is 12.3 Å². The predicted molar refractivity (Wildman–Crippen MR) is 82.4 cm³/mol. The lowest BCUT2D eigenvalue weighted by molar-refractivity contribution is -0.187. The molecule has 1 spiro atoms. The highest BCUT2D eigenvalue weighted by molar-refractivity contribution is 5.89. The molecule has 0 atom stereocenters. The lowest BCUT2D eigenvalue weighted by Crippen LogP contribution is -2.47. The van der Waals surface area contributed by atoms with E-state index in [4.69, 9.17) is 9.47 Å². The number of piperidine rings is 1. The van der Waals surface area contributed by atoms with E-state index in [0.717, 1.165) is 10.9 Å². The Morgan fingerprint density at radius 2 is 2.00 bits per heavy atom. The van der Waals surface area contributed by atoms with Crippen molar-refractivity contribution in [1.82, 2.24) is 9.88 Å². The van der Waals surface area contributed by atoms with Gasteiger partial charge in [-0.25, -0.2) is 4.39 Å². The predicted octanol–water partition coefficient (Wildman–Crippen LogP) is 2.21. The molecule has 2 aliphatic rings. The molecule has 1 amide bonds. The Labute approximate surface area is 133 Å². The lowest BCUT2D eigenvalue weighted by atomic mass is 10.0. The van der Waals surface area contributed by atoms with Crippen LogP contribution in [0.4, 0.5) is 4.39 Å². The summed E-state index contributed by atoms with van der Waals surface area (Å²) in [6.07, 6.45) is 3.42. The molecule has 6 heteroatoms. The summed E-state index contributed by atoms with van der Waals surface area (Å²) in [4.78, 5) is 17.3. The van der Waals surface area contributed by atoms with Crippen molar-refractivity contribution in [1.29, 1.82) is 0 Å². The van der Waals surface area contributed by atoms with Gasteiger partial charge < -0.3 is 19.4 Å². The number of rotatable bonds is 2. The van der Waals surface area contributed by atoms with E-state index in [2.05, 4.69) is 4.98 Å². The monoisotopic (exact) mass is 318 g/mol. The Hall–Kier alpha value is -1.92. The van der Waals surface area contributed by atoms with Gasteiger partial charge in [0.1, 0.15) is 5.82 Å². The number of nitrogens with zero attached hydrogens (tertiary/aromatic N) is 1. The maximum atomic E-state index is 13.7. The molecule has 1 aromatic carbocycles. The zero-order valence-electron chi connectivity index (χ0n) is 12.8. The number of likely N-dealkylation sites (tertiary alicyclic amines) is 1. The molecule has 2 aliphatic heterocycles. The quantitative estimate of drug-likeness (QED) is 0.924. The zero-order valence-corrected chi connectivity index (χ0v) is 12.8. The van der Waals surface area contributed by atoms with Crippen molar-refractivity contribution in [2.75, 3.05) is 26.3 Å². The number of para-hydroxylation sites is 1. The second-order valence-electron chi connectivity index (χ2n) is 6.14. The lowest BCUT2D eigenvalue weighted by Gasteiger charge is -2.37. The highest BCUT2D eigenvalue weighted by Crippen LogP contribution is 2.31. The molecule has 0 saturated carbocycles. The van der Waals surface area contributed by atoms with E-state index >= 15 is 0 Å². The van der Waals surface area contributed by atoms with E-state index in [9.17, 15) is 9.18 Å². The smallest absolute Gasteiger partial charge is 0.227 e. The van der Waals surface area contributed by atoms with Crippen molar-refractivity contribution < 1.29 is 18.7 Å². The van der Waals surface area contributed by atoms with E-state index in [0.29, 0.717) is 44.7 Å². The number of halogens is 1. The largest absolute Gasteiger partial charge is 0.359 e. The average molecular weight is 318 g/mol. The summed E-state index contributed by atoms with van der Waals surface area (Å²) in [5.41, 5.74) is 1.29. The summed E-state index contributed by atoms with van der Waals surface area (Å²) in [5.74, 6) is -0.708. The highest BCUT2D eigenvalue weighted by Gasteiger charge is 2.40. The number of carbonyl (C=O) groups is 1.